The van der Waals surface area contributed by atoms with Crippen molar-refractivity contribution in [2.45, 2.75) is 25.5 Å². The average molecular weight is 525 g/mol. The third kappa shape index (κ3) is 5.81. The summed E-state index contributed by atoms with van der Waals surface area (Å²) in [7, 11) is -3.23. The summed E-state index contributed by atoms with van der Waals surface area (Å²) in [4.78, 5) is 17.4. The van der Waals surface area contributed by atoms with Gasteiger partial charge < -0.3 is 32.3 Å². The molecule has 0 aliphatic carbocycles. The Bertz CT molecular complexity index is 1460. The van der Waals surface area contributed by atoms with Crippen LogP contribution in [0.4, 0.5) is 11.6 Å². The molecule has 7 N–H and O–H groups in total. The van der Waals surface area contributed by atoms with Gasteiger partial charge in [0.2, 0.25) is 15.9 Å². The van der Waals surface area contributed by atoms with E-state index >= 15 is 0 Å². The number of sulfonamides is 1. The third-order valence-corrected chi connectivity index (χ3v) is 7.25. The van der Waals surface area contributed by atoms with Gasteiger partial charge >= 0.3 is 0 Å². The molecule has 0 bridgehead atoms. The lowest BCUT2D eigenvalue weighted by atomic mass is 10.1. The second-order valence-corrected chi connectivity index (χ2v) is 10.4. The van der Waals surface area contributed by atoms with E-state index in [0.29, 0.717) is 49.0 Å². The first-order valence-corrected chi connectivity index (χ1v) is 13.3. The Kier molecular flexibility index (Phi) is 7.59. The molecule has 0 amide bonds. The summed E-state index contributed by atoms with van der Waals surface area (Å²) in [6, 6.07) is 7.47. The van der Waals surface area contributed by atoms with Gasteiger partial charge in [0.1, 0.15) is 24.1 Å². The summed E-state index contributed by atoms with van der Waals surface area (Å²) in [5.74, 6) is 1.24. The number of para-hydroxylation sites is 1. The molecule has 14 heteroatoms. The standard InChI is InChI=1S/C23H28N10O3S/c1-37(34,35)33-8-6-15(7-9-33)36-23-16-4-2-3-5-17(16)31-18(32-23)12-28-22-19(21(27)29-13-30-22)20(26)14(10-24)11-25/h2-5,10-11,13,15,24-25H,6-9,12,26H2,1H3,(H3,27,28,29,30). The van der Waals surface area contributed by atoms with E-state index in [1.807, 2.05) is 24.3 Å². The summed E-state index contributed by atoms with van der Waals surface area (Å²) in [5, 5.41) is 18.8. The SMILES string of the molecule is CS(=O)(=O)N1CCC(Oc2nc(CNc3ncnc(N)c3C(N)=C(C=N)C=N)nc3ccccc23)CC1. The van der Waals surface area contributed by atoms with Crippen molar-refractivity contribution in [2.24, 2.45) is 5.73 Å². The minimum atomic E-state index is -3.23. The van der Waals surface area contributed by atoms with Gasteiger partial charge in [0.05, 0.1) is 35.0 Å². The first kappa shape index (κ1) is 25.9. The number of hydrogen-bond acceptors (Lipinski definition) is 12. The summed E-state index contributed by atoms with van der Waals surface area (Å²) >= 11 is 0. The molecule has 4 rings (SSSR count). The fourth-order valence-corrected chi connectivity index (χ4v) is 4.88. The fourth-order valence-electron chi connectivity index (χ4n) is 4.00. The van der Waals surface area contributed by atoms with Gasteiger partial charge in [-0.3, -0.25) is 0 Å². The number of hydrogen-bond donors (Lipinski definition) is 5. The molecule has 1 aliphatic rings. The zero-order valence-electron chi connectivity index (χ0n) is 20.2. The lowest BCUT2D eigenvalue weighted by Crippen LogP contribution is -2.41. The van der Waals surface area contributed by atoms with Crippen molar-refractivity contribution in [1.82, 2.24) is 24.2 Å². The second kappa shape index (κ2) is 10.8. The van der Waals surface area contributed by atoms with E-state index in [1.165, 1.54) is 16.9 Å². The normalized spacial score (nSPS) is 14.7. The van der Waals surface area contributed by atoms with Gasteiger partial charge in [0.25, 0.3) is 0 Å². The Morgan fingerprint density at radius 2 is 1.89 bits per heavy atom. The highest BCUT2D eigenvalue weighted by molar-refractivity contribution is 7.88. The molecule has 0 radical (unpaired) electrons. The molecule has 0 atom stereocenters. The lowest BCUT2D eigenvalue weighted by molar-refractivity contribution is 0.131. The van der Waals surface area contributed by atoms with Crippen LogP contribution in [0.3, 0.4) is 0 Å². The van der Waals surface area contributed by atoms with E-state index < -0.39 is 10.0 Å². The number of piperidine rings is 1. The minimum absolute atomic E-state index is 0.0921. The van der Waals surface area contributed by atoms with Crippen molar-refractivity contribution >= 4 is 50.7 Å². The summed E-state index contributed by atoms with van der Waals surface area (Å²) < 4.78 is 31.3. The smallest absolute Gasteiger partial charge is 0.225 e. The molecule has 3 heterocycles. The molecule has 1 aliphatic heterocycles. The van der Waals surface area contributed by atoms with Crippen molar-refractivity contribution in [3.05, 3.63) is 47.6 Å². The van der Waals surface area contributed by atoms with Crippen molar-refractivity contribution in [1.29, 1.82) is 10.8 Å². The van der Waals surface area contributed by atoms with Gasteiger partial charge in [-0.05, 0) is 25.0 Å². The van der Waals surface area contributed by atoms with Crippen molar-refractivity contribution in [2.75, 3.05) is 30.4 Å². The number of nitrogens with two attached hydrogens (primary N) is 2. The Morgan fingerprint density at radius 1 is 1.19 bits per heavy atom. The van der Waals surface area contributed by atoms with Crippen molar-refractivity contribution in [3.63, 3.8) is 0 Å². The quantitative estimate of drug-likeness (QED) is 0.254. The number of fused-ring (bicyclic) bond motifs is 1. The highest BCUT2D eigenvalue weighted by Gasteiger charge is 2.27. The number of allylic oxidation sites excluding steroid dienone is 1. The molecule has 1 fully saturated rings. The van der Waals surface area contributed by atoms with Gasteiger partial charge in [-0.1, -0.05) is 12.1 Å². The summed E-state index contributed by atoms with van der Waals surface area (Å²) in [5.41, 5.74) is 13.4. The van der Waals surface area contributed by atoms with Gasteiger partial charge in [-0.25, -0.2) is 27.7 Å². The molecule has 194 valence electrons. The van der Waals surface area contributed by atoms with Crippen LogP contribution in [0.25, 0.3) is 16.6 Å². The second-order valence-electron chi connectivity index (χ2n) is 8.44. The van der Waals surface area contributed by atoms with Gasteiger partial charge in [-0.2, -0.15) is 4.98 Å². The minimum Gasteiger partial charge on any atom is -0.474 e. The van der Waals surface area contributed by atoms with Crippen LogP contribution in [0.2, 0.25) is 0 Å². The number of nitrogens with one attached hydrogen (secondary N) is 3. The Balaban J connectivity index is 1.59. The molecule has 13 nitrogen and oxygen atoms in total. The maximum absolute atomic E-state index is 11.8. The van der Waals surface area contributed by atoms with Crippen LogP contribution in [-0.2, 0) is 16.6 Å². The van der Waals surface area contributed by atoms with E-state index in [9.17, 15) is 8.42 Å². The molecule has 37 heavy (non-hydrogen) atoms. The molecular weight excluding hydrogens is 496 g/mol. The van der Waals surface area contributed by atoms with E-state index in [-0.39, 0.29) is 35.3 Å². The number of aromatic nitrogens is 4. The van der Waals surface area contributed by atoms with Crippen LogP contribution in [0.15, 0.2) is 36.2 Å². The maximum atomic E-state index is 11.8. The lowest BCUT2D eigenvalue weighted by Gasteiger charge is -2.30. The number of nitrogens with zero attached hydrogens (tertiary/aromatic N) is 5. The predicted molar refractivity (Wildman–Crippen MR) is 142 cm³/mol. The molecule has 1 aromatic carbocycles. The molecule has 3 aromatic rings. The Morgan fingerprint density at radius 3 is 2.57 bits per heavy atom. The Labute approximate surface area is 214 Å². The van der Waals surface area contributed by atoms with Crippen LogP contribution in [-0.4, -0.2) is 70.5 Å². The fraction of sp³-hybridized carbons (Fsp3) is 0.304. The van der Waals surface area contributed by atoms with Crippen molar-refractivity contribution in [3.8, 4) is 5.88 Å². The number of anilines is 2. The van der Waals surface area contributed by atoms with E-state index in [2.05, 4.69) is 25.3 Å². The van der Waals surface area contributed by atoms with E-state index in [4.69, 9.17) is 27.0 Å². The summed E-state index contributed by atoms with van der Waals surface area (Å²) in [6.45, 7) is 0.928. The number of rotatable bonds is 9. The highest BCUT2D eigenvalue weighted by Crippen LogP contribution is 2.28. The number of nitrogen functional groups attached to an aromatic ring is 1. The van der Waals surface area contributed by atoms with Gasteiger partial charge in [-0.15, -0.1) is 0 Å². The van der Waals surface area contributed by atoms with Crippen LogP contribution in [0.5, 0.6) is 5.88 Å². The maximum Gasteiger partial charge on any atom is 0.225 e. The molecular formula is C23H28N10O3S. The Hall–Kier alpha value is -4.17. The van der Waals surface area contributed by atoms with Crippen LogP contribution < -0.4 is 21.5 Å². The van der Waals surface area contributed by atoms with E-state index in [0.717, 1.165) is 17.8 Å². The third-order valence-electron chi connectivity index (χ3n) is 5.94. The van der Waals surface area contributed by atoms with Crippen LogP contribution in [0.1, 0.15) is 24.2 Å². The van der Waals surface area contributed by atoms with Gasteiger partial charge in [0.15, 0.2) is 5.82 Å². The molecule has 1 saturated heterocycles. The monoisotopic (exact) mass is 524 g/mol. The van der Waals surface area contributed by atoms with E-state index in [1.54, 1.807) is 0 Å². The average Bonchev–Trinajstić information content (AvgIpc) is 2.88. The molecule has 0 spiro atoms. The van der Waals surface area contributed by atoms with Crippen LogP contribution in [0, 0.1) is 10.8 Å². The van der Waals surface area contributed by atoms with Crippen LogP contribution >= 0.6 is 0 Å². The first-order valence-electron chi connectivity index (χ1n) is 11.4. The highest BCUT2D eigenvalue weighted by atomic mass is 32.2. The van der Waals surface area contributed by atoms with Crippen molar-refractivity contribution < 1.29 is 13.2 Å². The number of benzene rings is 1. The zero-order chi connectivity index (χ0) is 26.6. The predicted octanol–water partition coefficient (Wildman–Crippen LogP) is 1.39. The largest absolute Gasteiger partial charge is 0.474 e. The summed E-state index contributed by atoms with van der Waals surface area (Å²) in [6.07, 6.45) is 5.32. The number of ether oxygens (including phenoxy) is 1. The topological polar surface area (TPSA) is 210 Å². The molecule has 0 unspecified atom stereocenters. The molecule has 0 saturated carbocycles. The zero-order valence-corrected chi connectivity index (χ0v) is 21.0. The van der Waals surface area contributed by atoms with Gasteiger partial charge in [0, 0.05) is 31.1 Å². The first-order chi connectivity index (χ1) is 17.7. The molecule has 2 aromatic heterocycles.